The van der Waals surface area contributed by atoms with Gasteiger partial charge in [0.15, 0.2) is 0 Å². The SMILES string of the molecule is CC=C1Oc2ccccc2C(O)=C1C(CC(c1c(C)c2ccccc2oc1=O)c1c(O)c2ccccc2oc1=O)c1c(O)c2cc[nH]c2oc1=O. The van der Waals surface area contributed by atoms with Crippen LogP contribution in [0.25, 0.3) is 38.8 Å². The summed E-state index contributed by atoms with van der Waals surface area (Å²) in [6, 6.07) is 21.6. The van der Waals surface area contributed by atoms with Crippen LogP contribution in [0.1, 0.15) is 53.0 Å². The van der Waals surface area contributed by atoms with E-state index in [4.69, 9.17) is 18.0 Å². The monoisotopic (exact) mass is 683 g/mol. The van der Waals surface area contributed by atoms with Crippen LogP contribution in [0.4, 0.5) is 0 Å². The van der Waals surface area contributed by atoms with Crippen molar-refractivity contribution in [3.05, 3.63) is 162 Å². The number of hydrogen-bond donors (Lipinski definition) is 4. The van der Waals surface area contributed by atoms with Crippen LogP contribution in [-0.4, -0.2) is 20.3 Å². The Morgan fingerprint density at radius 1 is 0.686 bits per heavy atom. The fraction of sp³-hybridized carbons (Fsp3) is 0.125. The molecule has 1 aliphatic heterocycles. The number of aromatic hydroxyl groups is 2. The lowest BCUT2D eigenvalue weighted by Gasteiger charge is -2.31. The van der Waals surface area contributed by atoms with Gasteiger partial charge in [-0.25, -0.2) is 14.4 Å². The summed E-state index contributed by atoms with van der Waals surface area (Å²) in [5.41, 5.74) is -1.96. The molecule has 0 saturated carbocycles. The number of aromatic amines is 1. The lowest BCUT2D eigenvalue weighted by molar-refractivity contribution is 0.384. The van der Waals surface area contributed by atoms with E-state index in [1.54, 1.807) is 86.7 Å². The first-order valence-electron chi connectivity index (χ1n) is 16.1. The summed E-state index contributed by atoms with van der Waals surface area (Å²) in [6.45, 7) is 3.37. The van der Waals surface area contributed by atoms with Crippen molar-refractivity contribution >= 4 is 38.8 Å². The molecule has 4 N–H and O–H groups in total. The second-order valence-corrected chi connectivity index (χ2v) is 12.3. The van der Waals surface area contributed by atoms with Crippen molar-refractivity contribution in [2.45, 2.75) is 32.1 Å². The molecule has 5 heterocycles. The summed E-state index contributed by atoms with van der Waals surface area (Å²) in [6.07, 6.45) is 2.72. The van der Waals surface area contributed by atoms with E-state index in [2.05, 4.69) is 4.98 Å². The molecule has 0 saturated heterocycles. The fourth-order valence-corrected chi connectivity index (χ4v) is 7.23. The highest BCUT2D eigenvalue weighted by atomic mass is 16.5. The van der Waals surface area contributed by atoms with Gasteiger partial charge < -0.3 is 38.3 Å². The number of aryl methyl sites for hydroxylation is 1. The Balaban J connectivity index is 1.48. The highest BCUT2D eigenvalue weighted by Gasteiger charge is 2.40. The molecule has 1 aliphatic rings. The van der Waals surface area contributed by atoms with Crippen LogP contribution in [0.2, 0.25) is 0 Å². The average Bonchev–Trinajstić information content (AvgIpc) is 3.60. The van der Waals surface area contributed by atoms with Crippen molar-refractivity contribution in [3.63, 3.8) is 0 Å². The van der Waals surface area contributed by atoms with E-state index in [1.807, 2.05) is 0 Å². The summed E-state index contributed by atoms with van der Waals surface area (Å²) in [7, 11) is 0. The molecule has 0 fully saturated rings. The zero-order valence-corrected chi connectivity index (χ0v) is 27.2. The zero-order valence-electron chi connectivity index (χ0n) is 27.2. The Labute approximate surface area is 287 Å². The van der Waals surface area contributed by atoms with Gasteiger partial charge in [-0.15, -0.1) is 0 Å². The van der Waals surface area contributed by atoms with Crippen molar-refractivity contribution in [2.75, 3.05) is 0 Å². The summed E-state index contributed by atoms with van der Waals surface area (Å²) in [4.78, 5) is 44.8. The molecule has 4 aromatic heterocycles. The number of nitrogens with one attached hydrogen (secondary N) is 1. The lowest BCUT2D eigenvalue weighted by atomic mass is 9.75. The van der Waals surface area contributed by atoms with Gasteiger partial charge in [-0.3, -0.25) is 0 Å². The van der Waals surface area contributed by atoms with Crippen molar-refractivity contribution < 1.29 is 33.3 Å². The minimum Gasteiger partial charge on any atom is -0.507 e. The van der Waals surface area contributed by atoms with E-state index in [0.29, 0.717) is 27.8 Å². The number of aliphatic hydroxyl groups is 1. The molecule has 2 atom stereocenters. The molecule has 11 heteroatoms. The van der Waals surface area contributed by atoms with Crippen molar-refractivity contribution in [1.29, 1.82) is 0 Å². The van der Waals surface area contributed by atoms with Gasteiger partial charge in [-0.05, 0) is 68.3 Å². The van der Waals surface area contributed by atoms with Gasteiger partial charge in [0.05, 0.1) is 27.5 Å². The molecule has 2 unspecified atom stereocenters. The third kappa shape index (κ3) is 4.92. The third-order valence-corrected chi connectivity index (χ3v) is 9.58. The van der Waals surface area contributed by atoms with Gasteiger partial charge in [-0.1, -0.05) is 42.5 Å². The van der Waals surface area contributed by atoms with Crippen LogP contribution in [-0.2, 0) is 0 Å². The van der Waals surface area contributed by atoms with Crippen LogP contribution in [0.5, 0.6) is 17.2 Å². The zero-order chi connectivity index (χ0) is 35.6. The Morgan fingerprint density at radius 2 is 1.27 bits per heavy atom. The molecular formula is C40H29NO10. The molecule has 0 bridgehead atoms. The van der Waals surface area contributed by atoms with Gasteiger partial charge in [-0.2, -0.15) is 0 Å². The number of ether oxygens (including phenoxy) is 1. The lowest BCUT2D eigenvalue weighted by Crippen LogP contribution is -2.27. The quantitative estimate of drug-likeness (QED) is 0.128. The number of benzene rings is 3. The average molecular weight is 684 g/mol. The molecular weight excluding hydrogens is 654 g/mol. The molecule has 11 nitrogen and oxygen atoms in total. The standard InChI is InChI=1S/C40H29NO10/c1-3-26-31(34(42)21-11-5-8-14-28(21)48-26)25(33-36(44)23-16-17-41-37(23)51-40(33)47)18-24(30-19(2)20-10-4-7-13-27(20)49-38(30)45)32-35(43)22-12-6-9-15-29(22)50-39(32)46/h3-17,24-25,41-44H,18H2,1-2H3. The number of fused-ring (bicyclic) bond motifs is 4. The molecule has 3 aromatic carbocycles. The van der Waals surface area contributed by atoms with E-state index in [9.17, 15) is 29.7 Å². The molecule has 51 heavy (non-hydrogen) atoms. The van der Waals surface area contributed by atoms with Crippen LogP contribution < -0.4 is 21.6 Å². The highest BCUT2D eigenvalue weighted by molar-refractivity contribution is 5.86. The first-order chi connectivity index (χ1) is 24.7. The summed E-state index contributed by atoms with van der Waals surface area (Å²) < 4.78 is 23.3. The third-order valence-electron chi connectivity index (χ3n) is 9.58. The normalized spacial score (nSPS) is 15.0. The summed E-state index contributed by atoms with van der Waals surface area (Å²) in [5, 5.41) is 36.5. The number of rotatable bonds is 6. The van der Waals surface area contributed by atoms with Gasteiger partial charge in [0, 0.05) is 34.6 Å². The van der Waals surface area contributed by atoms with Crippen LogP contribution >= 0.6 is 0 Å². The summed E-state index contributed by atoms with van der Waals surface area (Å²) >= 11 is 0. The van der Waals surface area contributed by atoms with Crippen LogP contribution in [0.3, 0.4) is 0 Å². The van der Waals surface area contributed by atoms with E-state index < -0.39 is 40.2 Å². The Hall–Kier alpha value is -6.75. The number of aromatic nitrogens is 1. The largest absolute Gasteiger partial charge is 0.507 e. The topological polar surface area (TPSA) is 176 Å². The number of H-pyrrole nitrogens is 1. The second-order valence-electron chi connectivity index (χ2n) is 12.3. The van der Waals surface area contributed by atoms with Crippen LogP contribution in [0.15, 0.2) is 130 Å². The molecule has 254 valence electrons. The number of hydrogen-bond acceptors (Lipinski definition) is 10. The Bertz CT molecular complexity index is 2700. The predicted octanol–water partition coefficient (Wildman–Crippen LogP) is 7.62. The fourth-order valence-electron chi connectivity index (χ4n) is 7.23. The molecule has 0 spiro atoms. The van der Waals surface area contributed by atoms with Gasteiger partial charge in [0.25, 0.3) is 0 Å². The smallest absolute Gasteiger partial charge is 0.345 e. The van der Waals surface area contributed by atoms with E-state index >= 15 is 0 Å². The highest BCUT2D eigenvalue weighted by Crippen LogP contribution is 2.50. The van der Waals surface area contributed by atoms with Crippen molar-refractivity contribution in [1.82, 2.24) is 4.98 Å². The van der Waals surface area contributed by atoms with Gasteiger partial charge in [0.2, 0.25) is 5.71 Å². The van der Waals surface area contributed by atoms with Crippen molar-refractivity contribution in [2.24, 2.45) is 0 Å². The molecule has 0 radical (unpaired) electrons. The Kier molecular flexibility index (Phi) is 7.41. The van der Waals surface area contributed by atoms with Crippen molar-refractivity contribution in [3.8, 4) is 17.2 Å². The maximum atomic E-state index is 14.1. The number of aliphatic hydroxyl groups excluding tert-OH is 1. The molecule has 7 aromatic rings. The number of allylic oxidation sites excluding steroid dienone is 2. The predicted molar refractivity (Wildman–Crippen MR) is 189 cm³/mol. The van der Waals surface area contributed by atoms with E-state index in [0.717, 1.165) is 0 Å². The summed E-state index contributed by atoms with van der Waals surface area (Å²) in [5.74, 6) is -3.31. The minimum atomic E-state index is -1.34. The Morgan fingerprint density at radius 3 is 2.02 bits per heavy atom. The second kappa shape index (κ2) is 12.0. The minimum absolute atomic E-state index is 0.00225. The first kappa shape index (κ1) is 31.5. The molecule has 0 amide bonds. The van der Waals surface area contributed by atoms with Gasteiger partial charge in [0.1, 0.15) is 39.9 Å². The van der Waals surface area contributed by atoms with E-state index in [1.165, 1.54) is 18.3 Å². The number of para-hydroxylation sites is 3. The van der Waals surface area contributed by atoms with Gasteiger partial charge >= 0.3 is 16.9 Å². The first-order valence-corrected chi connectivity index (χ1v) is 16.1. The molecule has 0 aliphatic carbocycles. The molecule has 8 rings (SSSR count). The maximum absolute atomic E-state index is 14.1. The maximum Gasteiger partial charge on any atom is 0.345 e. The van der Waals surface area contributed by atoms with Crippen LogP contribution in [0, 0.1) is 6.92 Å². The van der Waals surface area contributed by atoms with E-state index in [-0.39, 0.29) is 62.3 Å².